The van der Waals surface area contributed by atoms with Gasteiger partial charge < -0.3 is 4.74 Å². The van der Waals surface area contributed by atoms with Gasteiger partial charge in [0.15, 0.2) is 0 Å². The zero-order valence-corrected chi connectivity index (χ0v) is 13.5. The van der Waals surface area contributed by atoms with Gasteiger partial charge in [0.2, 0.25) is 0 Å². The van der Waals surface area contributed by atoms with Gasteiger partial charge in [0.05, 0.1) is 13.3 Å². The molecule has 108 valence electrons. The van der Waals surface area contributed by atoms with Gasteiger partial charge in [0.1, 0.15) is 5.75 Å². The number of carbonyl (C=O) groups is 1. The third-order valence-corrected chi connectivity index (χ3v) is 3.65. The highest BCUT2D eigenvalue weighted by Crippen LogP contribution is 2.20. The Bertz CT molecular complexity index is 672. The average Bonchev–Trinajstić information content (AvgIpc) is 2.49. The van der Waals surface area contributed by atoms with Crippen LogP contribution in [0.3, 0.4) is 0 Å². The van der Waals surface area contributed by atoms with Crippen LogP contribution in [0.15, 0.2) is 52.0 Å². The molecule has 2 rings (SSSR count). The van der Waals surface area contributed by atoms with Gasteiger partial charge in [-0.25, -0.2) is 5.43 Å². The average molecular weight is 368 g/mol. The second-order valence-corrected chi connectivity index (χ2v) is 5.38. The minimum Gasteiger partial charge on any atom is -0.497 e. The highest BCUT2D eigenvalue weighted by Gasteiger charge is 2.04. The summed E-state index contributed by atoms with van der Waals surface area (Å²) < 4.78 is 5.99. The van der Waals surface area contributed by atoms with E-state index in [0.29, 0.717) is 16.3 Å². The van der Waals surface area contributed by atoms with Crippen LogP contribution < -0.4 is 10.2 Å². The minimum atomic E-state index is -0.304. The predicted molar refractivity (Wildman–Crippen MR) is 87.2 cm³/mol. The van der Waals surface area contributed by atoms with E-state index < -0.39 is 0 Å². The van der Waals surface area contributed by atoms with Gasteiger partial charge in [-0.2, -0.15) is 5.10 Å². The Labute approximate surface area is 135 Å². The fourth-order valence-electron chi connectivity index (χ4n) is 1.57. The number of carbonyl (C=O) groups excluding carboxylic acids is 1. The second-order valence-electron chi connectivity index (χ2n) is 4.09. The predicted octanol–water partition coefficient (Wildman–Crippen LogP) is 3.88. The Hall–Kier alpha value is -1.85. The lowest BCUT2D eigenvalue weighted by atomic mass is 10.2. The van der Waals surface area contributed by atoms with Crippen LogP contribution in [-0.2, 0) is 0 Å². The number of hydrazone groups is 1. The fraction of sp³-hybridized carbons (Fsp3) is 0.0667. The van der Waals surface area contributed by atoms with Crippen LogP contribution in [0.1, 0.15) is 15.9 Å². The molecular weight excluding hydrogens is 356 g/mol. The van der Waals surface area contributed by atoms with E-state index in [0.717, 1.165) is 10.0 Å². The van der Waals surface area contributed by atoms with Gasteiger partial charge in [-0.05, 0) is 42.5 Å². The molecule has 4 nitrogen and oxygen atoms in total. The van der Waals surface area contributed by atoms with Crippen LogP contribution in [0.4, 0.5) is 0 Å². The van der Waals surface area contributed by atoms with E-state index in [2.05, 4.69) is 26.5 Å². The van der Waals surface area contributed by atoms with Crippen LogP contribution in [0.5, 0.6) is 5.75 Å². The number of nitrogens with zero attached hydrogens (tertiary/aromatic N) is 1. The first-order valence-electron chi connectivity index (χ1n) is 6.02. The molecule has 0 saturated carbocycles. The van der Waals surface area contributed by atoms with E-state index in [9.17, 15) is 4.79 Å². The molecule has 0 aliphatic carbocycles. The Balaban J connectivity index is 2.05. The lowest BCUT2D eigenvalue weighted by Crippen LogP contribution is -2.17. The third-order valence-electron chi connectivity index (χ3n) is 2.68. The summed E-state index contributed by atoms with van der Waals surface area (Å²) in [6, 6.07) is 12.1. The molecule has 0 aliphatic heterocycles. The summed E-state index contributed by atoms with van der Waals surface area (Å²) in [6.07, 6.45) is 1.54. The van der Waals surface area contributed by atoms with E-state index in [-0.39, 0.29) is 5.91 Å². The molecule has 6 heteroatoms. The molecule has 1 amide bonds. The molecule has 21 heavy (non-hydrogen) atoms. The van der Waals surface area contributed by atoms with Crippen molar-refractivity contribution in [3.8, 4) is 5.75 Å². The summed E-state index contributed by atoms with van der Waals surface area (Å²) >= 11 is 9.17. The van der Waals surface area contributed by atoms with Crippen molar-refractivity contribution in [3.63, 3.8) is 0 Å². The van der Waals surface area contributed by atoms with Crippen molar-refractivity contribution in [2.45, 2.75) is 0 Å². The second kappa shape index (κ2) is 7.24. The number of halogens is 2. The monoisotopic (exact) mass is 366 g/mol. The summed E-state index contributed by atoms with van der Waals surface area (Å²) in [5.74, 6) is 0.408. The number of nitrogens with one attached hydrogen (secondary N) is 1. The molecular formula is C15H12BrClN2O2. The largest absolute Gasteiger partial charge is 0.497 e. The Morgan fingerprint density at radius 1 is 1.29 bits per heavy atom. The molecule has 0 aliphatic rings. The van der Waals surface area contributed by atoms with Crippen LogP contribution in [-0.4, -0.2) is 19.2 Å². The summed E-state index contributed by atoms with van der Waals surface area (Å²) in [6.45, 7) is 0. The van der Waals surface area contributed by atoms with Gasteiger partial charge in [-0.1, -0.05) is 27.5 Å². The van der Waals surface area contributed by atoms with Crippen molar-refractivity contribution in [2.24, 2.45) is 5.10 Å². The van der Waals surface area contributed by atoms with Crippen molar-refractivity contribution in [1.82, 2.24) is 5.43 Å². The van der Waals surface area contributed by atoms with Gasteiger partial charge >= 0.3 is 0 Å². The van der Waals surface area contributed by atoms with Gasteiger partial charge in [-0.3, -0.25) is 4.79 Å². The van der Waals surface area contributed by atoms with E-state index >= 15 is 0 Å². The molecule has 0 aromatic heterocycles. The lowest BCUT2D eigenvalue weighted by Gasteiger charge is -2.03. The third kappa shape index (κ3) is 4.31. The maximum absolute atomic E-state index is 11.8. The molecule has 0 spiro atoms. The number of amides is 1. The van der Waals surface area contributed by atoms with E-state index in [4.69, 9.17) is 16.3 Å². The van der Waals surface area contributed by atoms with Gasteiger partial charge in [-0.15, -0.1) is 0 Å². The topological polar surface area (TPSA) is 50.7 Å². The molecule has 0 atom stereocenters. The lowest BCUT2D eigenvalue weighted by molar-refractivity contribution is 0.0955. The van der Waals surface area contributed by atoms with Gasteiger partial charge in [0.25, 0.3) is 5.91 Å². The first-order valence-corrected chi connectivity index (χ1v) is 7.20. The highest BCUT2D eigenvalue weighted by molar-refractivity contribution is 9.10. The van der Waals surface area contributed by atoms with Crippen LogP contribution in [0, 0.1) is 0 Å². The smallest absolute Gasteiger partial charge is 0.271 e. The summed E-state index contributed by atoms with van der Waals surface area (Å²) in [5.41, 5.74) is 3.74. The number of methoxy groups -OCH3 is 1. The number of hydrogen-bond donors (Lipinski definition) is 1. The summed E-state index contributed by atoms with van der Waals surface area (Å²) in [7, 11) is 1.59. The zero-order valence-electron chi connectivity index (χ0n) is 11.1. The Morgan fingerprint density at radius 3 is 2.67 bits per heavy atom. The number of rotatable bonds is 4. The number of hydrogen-bond acceptors (Lipinski definition) is 3. The quantitative estimate of drug-likeness (QED) is 0.659. The normalized spacial score (nSPS) is 10.6. The standard InChI is InChI=1S/C15H12BrClN2O2/c1-21-13-6-7-14(16)11(8-13)9-18-19-15(20)10-2-4-12(17)5-3-10/h2-9H,1H3,(H,19,20)/b18-9+. The fourth-order valence-corrected chi connectivity index (χ4v) is 2.05. The molecule has 2 aromatic rings. The first-order chi connectivity index (χ1) is 10.1. The molecule has 1 N–H and O–H groups in total. The maximum Gasteiger partial charge on any atom is 0.271 e. The first kappa shape index (κ1) is 15.5. The van der Waals surface area contributed by atoms with E-state index in [1.54, 1.807) is 37.6 Å². The molecule has 0 fully saturated rings. The zero-order chi connectivity index (χ0) is 15.2. The van der Waals surface area contributed by atoms with Crippen LogP contribution in [0.25, 0.3) is 0 Å². The van der Waals surface area contributed by atoms with Crippen molar-refractivity contribution in [2.75, 3.05) is 7.11 Å². The van der Waals surface area contributed by atoms with Crippen molar-refractivity contribution < 1.29 is 9.53 Å². The van der Waals surface area contributed by atoms with Crippen molar-refractivity contribution in [1.29, 1.82) is 0 Å². The molecule has 0 bridgehead atoms. The van der Waals surface area contributed by atoms with Gasteiger partial charge in [0, 0.05) is 20.6 Å². The van der Waals surface area contributed by atoms with E-state index in [1.807, 2.05) is 18.2 Å². The Kier molecular flexibility index (Phi) is 5.36. The molecule has 0 radical (unpaired) electrons. The minimum absolute atomic E-state index is 0.304. The van der Waals surface area contributed by atoms with Crippen molar-refractivity contribution >= 4 is 39.7 Å². The molecule has 0 unspecified atom stereocenters. The van der Waals surface area contributed by atoms with Crippen LogP contribution in [0.2, 0.25) is 5.02 Å². The number of benzene rings is 2. The summed E-state index contributed by atoms with van der Waals surface area (Å²) in [5, 5.41) is 4.51. The summed E-state index contributed by atoms with van der Waals surface area (Å²) in [4.78, 5) is 11.8. The number of ether oxygens (including phenoxy) is 1. The molecule has 0 heterocycles. The van der Waals surface area contributed by atoms with Crippen molar-refractivity contribution in [3.05, 3.63) is 63.1 Å². The highest BCUT2D eigenvalue weighted by atomic mass is 79.9. The van der Waals surface area contributed by atoms with Crippen LogP contribution >= 0.6 is 27.5 Å². The Morgan fingerprint density at radius 2 is 2.00 bits per heavy atom. The van der Waals surface area contributed by atoms with E-state index in [1.165, 1.54) is 0 Å². The maximum atomic E-state index is 11.8. The SMILES string of the molecule is COc1ccc(Br)c(/C=N/NC(=O)c2ccc(Cl)cc2)c1. The molecule has 2 aromatic carbocycles. The molecule has 0 saturated heterocycles.